The summed E-state index contributed by atoms with van der Waals surface area (Å²) in [5.41, 5.74) is 2.54. The molecule has 1 aromatic heterocycles. The van der Waals surface area contributed by atoms with Crippen molar-refractivity contribution >= 4 is 65.8 Å². The molecule has 0 aliphatic carbocycles. The van der Waals surface area contributed by atoms with Crippen LogP contribution in [0.5, 0.6) is 0 Å². The molecule has 0 saturated heterocycles. The summed E-state index contributed by atoms with van der Waals surface area (Å²) in [7, 11) is 1.99. The molecule has 90 valence electrons. The summed E-state index contributed by atoms with van der Waals surface area (Å²) in [5, 5.41) is 7.66. The molecule has 0 saturated carbocycles. The Morgan fingerprint density at radius 2 is 1.94 bits per heavy atom. The topological polar surface area (TPSA) is 12.0 Å². The molecular weight excluding hydrogens is 477 g/mol. The first-order valence-electron chi connectivity index (χ1n) is 4.97. The highest BCUT2D eigenvalue weighted by atomic mass is 127. The molecule has 2 rings (SSSR count). The second kappa shape index (κ2) is 6.14. The lowest BCUT2D eigenvalue weighted by Gasteiger charge is -2.18. The Kier molecular flexibility index (Phi) is 5.06. The van der Waals surface area contributed by atoms with Crippen molar-refractivity contribution in [2.75, 3.05) is 7.05 Å². The second-order valence-corrected chi connectivity index (χ2v) is 7.26. The number of benzene rings is 1. The van der Waals surface area contributed by atoms with Crippen LogP contribution in [0.25, 0.3) is 0 Å². The van der Waals surface area contributed by atoms with Crippen LogP contribution in [0.2, 0.25) is 0 Å². The van der Waals surface area contributed by atoms with Crippen molar-refractivity contribution in [3.05, 3.63) is 52.6 Å². The largest absolute Gasteiger partial charge is 0.309 e. The highest BCUT2D eigenvalue weighted by Gasteiger charge is 2.18. The van der Waals surface area contributed by atoms with Crippen molar-refractivity contribution in [2.45, 2.75) is 6.04 Å². The summed E-state index contributed by atoms with van der Waals surface area (Å²) >= 11 is 11.3. The molecule has 0 aliphatic heterocycles. The SMILES string of the molecule is CNC(c1cscc1Br)c1cc(I)ccc1Br. The average molecular weight is 487 g/mol. The van der Waals surface area contributed by atoms with Crippen molar-refractivity contribution in [1.29, 1.82) is 0 Å². The van der Waals surface area contributed by atoms with Crippen molar-refractivity contribution < 1.29 is 0 Å². The van der Waals surface area contributed by atoms with Crippen LogP contribution in [0, 0.1) is 3.57 Å². The van der Waals surface area contributed by atoms with Crippen molar-refractivity contribution in [2.24, 2.45) is 0 Å². The summed E-state index contributed by atoms with van der Waals surface area (Å²) in [6, 6.07) is 6.61. The van der Waals surface area contributed by atoms with E-state index in [1.165, 1.54) is 14.7 Å². The molecule has 1 nitrogen and oxygen atoms in total. The van der Waals surface area contributed by atoms with Crippen LogP contribution in [-0.4, -0.2) is 7.05 Å². The molecule has 0 radical (unpaired) electrons. The fraction of sp³-hybridized carbons (Fsp3) is 0.167. The zero-order valence-electron chi connectivity index (χ0n) is 9.01. The summed E-state index contributed by atoms with van der Waals surface area (Å²) in [5.74, 6) is 0. The fourth-order valence-corrected chi connectivity index (χ4v) is 4.25. The number of thiophene rings is 1. The van der Waals surface area contributed by atoms with E-state index in [0.717, 1.165) is 8.95 Å². The van der Waals surface area contributed by atoms with E-state index in [-0.39, 0.29) is 6.04 Å². The van der Waals surface area contributed by atoms with Crippen LogP contribution in [-0.2, 0) is 0 Å². The first-order valence-corrected chi connectivity index (χ1v) is 8.58. The molecule has 1 aromatic carbocycles. The van der Waals surface area contributed by atoms with Gasteiger partial charge in [-0.1, -0.05) is 15.9 Å². The third kappa shape index (κ3) is 3.12. The normalized spacial score (nSPS) is 12.7. The first-order chi connectivity index (χ1) is 8.13. The van der Waals surface area contributed by atoms with Gasteiger partial charge < -0.3 is 5.32 Å². The molecule has 0 aliphatic rings. The molecule has 0 amide bonds. The third-order valence-corrected chi connectivity index (χ3v) is 5.66. The van der Waals surface area contributed by atoms with Gasteiger partial charge in [-0.15, -0.1) is 0 Å². The van der Waals surface area contributed by atoms with E-state index < -0.39 is 0 Å². The Hall–Kier alpha value is 0.570. The molecule has 1 N–H and O–H groups in total. The lowest BCUT2D eigenvalue weighted by Crippen LogP contribution is -2.18. The van der Waals surface area contributed by atoms with Crippen LogP contribution >= 0.6 is 65.8 Å². The third-order valence-electron chi connectivity index (χ3n) is 2.51. The molecule has 1 unspecified atom stereocenters. The van der Waals surface area contributed by atoms with E-state index in [9.17, 15) is 0 Å². The average Bonchev–Trinajstić information content (AvgIpc) is 2.71. The predicted molar refractivity (Wildman–Crippen MR) is 89.8 cm³/mol. The zero-order valence-corrected chi connectivity index (χ0v) is 15.2. The van der Waals surface area contributed by atoms with Crippen molar-refractivity contribution in [3.63, 3.8) is 0 Å². The summed E-state index contributed by atoms with van der Waals surface area (Å²) in [4.78, 5) is 0. The first kappa shape index (κ1) is 14.0. The monoisotopic (exact) mass is 485 g/mol. The Morgan fingerprint density at radius 1 is 1.18 bits per heavy atom. The molecule has 2 aromatic rings. The zero-order chi connectivity index (χ0) is 12.4. The number of hydrogen-bond donors (Lipinski definition) is 1. The van der Waals surface area contributed by atoms with Gasteiger partial charge in [-0.05, 0) is 80.3 Å². The smallest absolute Gasteiger partial charge is 0.0605 e. The molecule has 0 bridgehead atoms. The van der Waals surface area contributed by atoms with E-state index >= 15 is 0 Å². The lowest BCUT2D eigenvalue weighted by atomic mass is 10.0. The van der Waals surface area contributed by atoms with E-state index in [1.54, 1.807) is 11.3 Å². The van der Waals surface area contributed by atoms with E-state index in [0.29, 0.717) is 0 Å². The van der Waals surface area contributed by atoms with Crippen molar-refractivity contribution in [3.8, 4) is 0 Å². The van der Waals surface area contributed by atoms with Gasteiger partial charge in [0, 0.05) is 17.9 Å². The molecule has 17 heavy (non-hydrogen) atoms. The lowest BCUT2D eigenvalue weighted by molar-refractivity contribution is 0.688. The van der Waals surface area contributed by atoms with Crippen LogP contribution in [0.3, 0.4) is 0 Å². The molecule has 0 fully saturated rings. The van der Waals surface area contributed by atoms with Gasteiger partial charge in [-0.25, -0.2) is 0 Å². The molecular formula is C12H10Br2INS. The van der Waals surface area contributed by atoms with Crippen LogP contribution in [0.4, 0.5) is 0 Å². The second-order valence-electron chi connectivity index (χ2n) is 3.56. The van der Waals surface area contributed by atoms with Gasteiger partial charge in [0.05, 0.1) is 6.04 Å². The maximum atomic E-state index is 3.63. The van der Waals surface area contributed by atoms with Gasteiger partial charge in [0.2, 0.25) is 0 Å². The minimum Gasteiger partial charge on any atom is -0.309 e. The molecule has 1 heterocycles. The van der Waals surface area contributed by atoms with Crippen molar-refractivity contribution in [1.82, 2.24) is 5.32 Å². The number of hydrogen-bond acceptors (Lipinski definition) is 2. The quantitative estimate of drug-likeness (QED) is 0.589. The minimum atomic E-state index is 0.208. The Labute approximate surface area is 135 Å². The number of halogens is 3. The van der Waals surface area contributed by atoms with Crippen LogP contribution in [0.15, 0.2) is 37.9 Å². The van der Waals surface area contributed by atoms with Crippen LogP contribution in [0.1, 0.15) is 17.2 Å². The molecule has 5 heteroatoms. The Balaban J connectivity index is 2.49. The fourth-order valence-electron chi connectivity index (χ4n) is 1.71. The van der Waals surface area contributed by atoms with Gasteiger partial charge in [0.1, 0.15) is 0 Å². The number of nitrogens with one attached hydrogen (secondary N) is 1. The maximum Gasteiger partial charge on any atom is 0.0605 e. The summed E-state index contributed by atoms with van der Waals surface area (Å²) in [6.45, 7) is 0. The highest BCUT2D eigenvalue weighted by molar-refractivity contribution is 14.1. The standard InChI is InChI=1S/C12H10Br2INS/c1-16-12(9-5-17-6-11(9)14)8-4-7(15)2-3-10(8)13/h2-6,12,16H,1H3. The van der Waals surface area contributed by atoms with E-state index in [4.69, 9.17) is 0 Å². The predicted octanol–water partition coefficient (Wildman–Crippen LogP) is 5.19. The van der Waals surface area contributed by atoms with Gasteiger partial charge in [0.25, 0.3) is 0 Å². The van der Waals surface area contributed by atoms with Gasteiger partial charge >= 0.3 is 0 Å². The summed E-state index contributed by atoms with van der Waals surface area (Å²) < 4.78 is 3.54. The van der Waals surface area contributed by atoms with E-state index in [2.05, 4.69) is 88.7 Å². The van der Waals surface area contributed by atoms with Crippen LogP contribution < -0.4 is 5.32 Å². The Morgan fingerprint density at radius 3 is 2.53 bits per heavy atom. The summed E-state index contributed by atoms with van der Waals surface area (Å²) in [6.07, 6.45) is 0. The Bertz CT molecular complexity index is 527. The van der Waals surface area contributed by atoms with E-state index in [1.807, 2.05) is 7.05 Å². The minimum absolute atomic E-state index is 0.208. The van der Waals surface area contributed by atoms with Gasteiger partial charge in [-0.3, -0.25) is 0 Å². The molecule has 0 spiro atoms. The number of rotatable bonds is 3. The van der Waals surface area contributed by atoms with Gasteiger partial charge in [0.15, 0.2) is 0 Å². The maximum absolute atomic E-state index is 3.63. The van der Waals surface area contributed by atoms with Gasteiger partial charge in [-0.2, -0.15) is 11.3 Å². The molecule has 1 atom stereocenters. The highest BCUT2D eigenvalue weighted by Crippen LogP contribution is 2.35.